The van der Waals surface area contributed by atoms with E-state index in [2.05, 4.69) is 37.9 Å². The van der Waals surface area contributed by atoms with E-state index < -0.39 is 0 Å². The number of rotatable bonds is 8. The number of hydrogen-bond acceptors (Lipinski definition) is 2. The van der Waals surface area contributed by atoms with Crippen LogP contribution in [0.4, 0.5) is 0 Å². The molecule has 3 nitrogen and oxygen atoms in total. The highest BCUT2D eigenvalue weighted by Gasteiger charge is 2.47. The first-order valence-corrected chi connectivity index (χ1v) is 8.58. The summed E-state index contributed by atoms with van der Waals surface area (Å²) in [7, 11) is 0. The molecule has 0 radical (unpaired) electrons. The maximum Gasteiger partial charge on any atom is 0.241 e. The highest BCUT2D eigenvalue weighted by atomic mass is 16.2. The summed E-state index contributed by atoms with van der Waals surface area (Å²) < 4.78 is 0. The van der Waals surface area contributed by atoms with Gasteiger partial charge >= 0.3 is 0 Å². The predicted octanol–water partition coefficient (Wildman–Crippen LogP) is 3.54. The molecule has 3 heteroatoms. The summed E-state index contributed by atoms with van der Waals surface area (Å²) in [5.41, 5.74) is 0.451. The van der Waals surface area contributed by atoms with Crippen molar-refractivity contribution in [3.8, 4) is 0 Å². The first kappa shape index (κ1) is 15.8. The second-order valence-corrected chi connectivity index (χ2v) is 7.33. The van der Waals surface area contributed by atoms with Crippen molar-refractivity contribution in [2.45, 2.75) is 84.8 Å². The van der Waals surface area contributed by atoms with Gasteiger partial charge in [-0.3, -0.25) is 10.1 Å². The molecule has 1 heterocycles. The van der Waals surface area contributed by atoms with Crippen LogP contribution in [0.5, 0.6) is 0 Å². The van der Waals surface area contributed by atoms with Crippen LogP contribution in [-0.4, -0.2) is 29.6 Å². The molecule has 0 spiro atoms. The van der Waals surface area contributed by atoms with Gasteiger partial charge in [0.05, 0.1) is 12.2 Å². The van der Waals surface area contributed by atoms with Gasteiger partial charge in [0.2, 0.25) is 5.91 Å². The van der Waals surface area contributed by atoms with Gasteiger partial charge < -0.3 is 4.90 Å². The smallest absolute Gasteiger partial charge is 0.241 e. The highest BCUT2D eigenvalue weighted by Crippen LogP contribution is 2.49. The summed E-state index contributed by atoms with van der Waals surface area (Å²) in [6.45, 7) is 9.94. The summed E-state index contributed by atoms with van der Waals surface area (Å²) in [6.07, 6.45) is 8.48. The summed E-state index contributed by atoms with van der Waals surface area (Å²) in [4.78, 5) is 14.9. The Morgan fingerprint density at radius 3 is 2.55 bits per heavy atom. The lowest BCUT2D eigenvalue weighted by atomic mass is 10.0. The van der Waals surface area contributed by atoms with Crippen LogP contribution in [-0.2, 0) is 4.79 Å². The minimum Gasteiger partial charge on any atom is -0.325 e. The molecule has 1 aliphatic carbocycles. The molecule has 1 aliphatic heterocycles. The molecule has 0 bridgehead atoms. The molecule has 1 saturated heterocycles. The summed E-state index contributed by atoms with van der Waals surface area (Å²) in [6, 6.07) is 0.0753. The number of nitrogens with one attached hydrogen (secondary N) is 1. The maximum atomic E-state index is 12.7. The number of carbonyl (C=O) groups excluding carboxylic acids is 1. The number of hydrogen-bond donors (Lipinski definition) is 1. The molecule has 2 fully saturated rings. The zero-order valence-corrected chi connectivity index (χ0v) is 13.7. The van der Waals surface area contributed by atoms with Crippen molar-refractivity contribution < 1.29 is 4.79 Å². The van der Waals surface area contributed by atoms with Gasteiger partial charge in [0.1, 0.15) is 0 Å². The Morgan fingerprint density at radius 1 is 1.35 bits per heavy atom. The quantitative estimate of drug-likeness (QED) is 0.737. The fraction of sp³-hybridized carbons (Fsp3) is 0.941. The van der Waals surface area contributed by atoms with Crippen molar-refractivity contribution in [2.24, 2.45) is 11.3 Å². The topological polar surface area (TPSA) is 32.3 Å². The second kappa shape index (κ2) is 6.46. The number of nitrogens with zero attached hydrogens (tertiary/aromatic N) is 1. The van der Waals surface area contributed by atoms with Crippen molar-refractivity contribution in [3.05, 3.63) is 0 Å². The monoisotopic (exact) mass is 280 g/mol. The van der Waals surface area contributed by atoms with Crippen LogP contribution < -0.4 is 5.32 Å². The zero-order valence-electron chi connectivity index (χ0n) is 13.7. The van der Waals surface area contributed by atoms with Gasteiger partial charge in [-0.2, -0.15) is 0 Å². The van der Waals surface area contributed by atoms with E-state index in [0.717, 1.165) is 25.8 Å². The molecular formula is C17H32N2O. The summed E-state index contributed by atoms with van der Waals surface area (Å²) >= 11 is 0. The first-order chi connectivity index (χ1) is 9.51. The molecular weight excluding hydrogens is 248 g/mol. The summed E-state index contributed by atoms with van der Waals surface area (Å²) in [5, 5.41) is 3.61. The molecule has 20 heavy (non-hydrogen) atoms. The second-order valence-electron chi connectivity index (χ2n) is 7.33. The van der Waals surface area contributed by atoms with Gasteiger partial charge in [0.25, 0.3) is 0 Å². The van der Waals surface area contributed by atoms with Gasteiger partial charge in [-0.15, -0.1) is 0 Å². The third-order valence-electron chi connectivity index (χ3n) is 5.10. The Balaban J connectivity index is 2.01. The fourth-order valence-electron chi connectivity index (χ4n) is 3.35. The molecule has 116 valence electrons. The predicted molar refractivity (Wildman–Crippen MR) is 83.4 cm³/mol. The Labute approximate surface area is 124 Å². The molecule has 1 amide bonds. The SMILES string of the molecule is CCCCC1NC(CC(C)C)N(CC2(CC)CC2)C1=O. The molecule has 2 rings (SSSR count). The number of carbonyl (C=O) groups is 1. The van der Waals surface area contributed by atoms with Crippen molar-refractivity contribution in [2.75, 3.05) is 6.54 Å². The van der Waals surface area contributed by atoms with Crippen LogP contribution in [0.3, 0.4) is 0 Å². The largest absolute Gasteiger partial charge is 0.325 e. The van der Waals surface area contributed by atoms with Crippen LogP contribution in [0.25, 0.3) is 0 Å². The average molecular weight is 280 g/mol. The van der Waals surface area contributed by atoms with Crippen molar-refractivity contribution in [1.29, 1.82) is 0 Å². The zero-order chi connectivity index (χ0) is 14.8. The van der Waals surface area contributed by atoms with Crippen LogP contribution >= 0.6 is 0 Å². The number of unbranched alkanes of at least 4 members (excludes halogenated alkanes) is 1. The third kappa shape index (κ3) is 3.55. The Kier molecular flexibility index (Phi) is 5.11. The van der Waals surface area contributed by atoms with Gasteiger partial charge in [-0.25, -0.2) is 0 Å². The summed E-state index contributed by atoms with van der Waals surface area (Å²) in [5.74, 6) is 0.994. The molecule has 2 aliphatic rings. The van der Waals surface area contributed by atoms with Crippen molar-refractivity contribution >= 4 is 5.91 Å². The van der Waals surface area contributed by atoms with Crippen LogP contribution in [0, 0.1) is 11.3 Å². The van der Waals surface area contributed by atoms with Gasteiger partial charge in [0, 0.05) is 6.54 Å². The highest BCUT2D eigenvalue weighted by molar-refractivity contribution is 5.84. The van der Waals surface area contributed by atoms with Gasteiger partial charge in [0.15, 0.2) is 0 Å². The maximum absolute atomic E-state index is 12.7. The van der Waals surface area contributed by atoms with E-state index in [4.69, 9.17) is 0 Å². The van der Waals surface area contributed by atoms with E-state index in [1.54, 1.807) is 0 Å². The minimum atomic E-state index is 0.0753. The van der Waals surface area contributed by atoms with E-state index in [1.165, 1.54) is 25.7 Å². The third-order valence-corrected chi connectivity index (χ3v) is 5.10. The van der Waals surface area contributed by atoms with Crippen LogP contribution in [0.15, 0.2) is 0 Å². The molecule has 0 aromatic carbocycles. The molecule has 2 unspecified atom stereocenters. The van der Waals surface area contributed by atoms with Crippen LogP contribution in [0.1, 0.15) is 72.6 Å². The van der Waals surface area contributed by atoms with E-state index >= 15 is 0 Å². The molecule has 0 aromatic rings. The fourth-order valence-corrected chi connectivity index (χ4v) is 3.35. The van der Waals surface area contributed by atoms with E-state index in [-0.39, 0.29) is 12.2 Å². The standard InChI is InChI=1S/C17H32N2O/c1-5-7-8-14-16(20)19(12-17(6-2)9-10-17)15(18-14)11-13(3)4/h13-15,18H,5-12H2,1-4H3. The molecule has 0 aromatic heterocycles. The van der Waals surface area contributed by atoms with E-state index in [1.807, 2.05) is 0 Å². The average Bonchev–Trinajstić information content (AvgIpc) is 3.13. The lowest BCUT2D eigenvalue weighted by Crippen LogP contribution is -2.41. The first-order valence-electron chi connectivity index (χ1n) is 8.58. The minimum absolute atomic E-state index is 0.0753. The van der Waals surface area contributed by atoms with Crippen molar-refractivity contribution in [3.63, 3.8) is 0 Å². The Morgan fingerprint density at radius 2 is 2.05 bits per heavy atom. The lowest BCUT2D eigenvalue weighted by molar-refractivity contribution is -0.131. The Hall–Kier alpha value is -0.570. The molecule has 1 saturated carbocycles. The number of amides is 1. The van der Waals surface area contributed by atoms with E-state index in [9.17, 15) is 4.79 Å². The normalized spacial score (nSPS) is 28.4. The van der Waals surface area contributed by atoms with Gasteiger partial charge in [-0.05, 0) is 43.4 Å². The lowest BCUT2D eigenvalue weighted by Gasteiger charge is -2.29. The van der Waals surface area contributed by atoms with Crippen molar-refractivity contribution in [1.82, 2.24) is 10.2 Å². The molecule has 2 atom stereocenters. The Bertz CT molecular complexity index is 336. The van der Waals surface area contributed by atoms with Crippen LogP contribution in [0.2, 0.25) is 0 Å². The molecule has 1 N–H and O–H groups in total. The van der Waals surface area contributed by atoms with E-state index in [0.29, 0.717) is 17.2 Å². The van der Waals surface area contributed by atoms with Gasteiger partial charge in [-0.1, -0.05) is 40.5 Å².